The number of amides is 6. The maximum Gasteiger partial charge on any atom is 0.405 e. The second kappa shape index (κ2) is 8.19. The molecule has 1 aliphatic carbocycles. The second-order valence-electron chi connectivity index (χ2n) is 8.37. The first-order valence-electron chi connectivity index (χ1n) is 9.58. The van der Waals surface area contributed by atoms with Gasteiger partial charge in [0.2, 0.25) is 5.91 Å². The lowest BCUT2D eigenvalue weighted by molar-refractivity contribution is -0.136. The summed E-state index contributed by atoms with van der Waals surface area (Å²) in [5.74, 6) is -1.18. The average Bonchev–Trinajstić information content (AvgIpc) is 2.84. The molecule has 1 spiro atoms. The quantitative estimate of drug-likeness (QED) is 0.593. The van der Waals surface area contributed by atoms with Gasteiger partial charge in [-0.3, -0.25) is 19.8 Å². The highest BCUT2D eigenvalue weighted by atomic mass is 19.4. The number of hydrogen-bond donors (Lipinski definition) is 3. The molecule has 3 N–H and O–H groups in total. The summed E-state index contributed by atoms with van der Waals surface area (Å²) in [6.07, 6.45) is -1.21. The topological polar surface area (TPSA) is 108 Å². The van der Waals surface area contributed by atoms with Crippen LogP contribution in [0.2, 0.25) is 0 Å². The predicted octanol–water partition coefficient (Wildman–Crippen LogP) is 2.29. The maximum atomic E-state index is 12.8. The molecule has 0 bridgehead atoms. The van der Waals surface area contributed by atoms with Gasteiger partial charge in [0.1, 0.15) is 18.6 Å². The smallest absolute Gasteiger partial charge is 0.329 e. The van der Waals surface area contributed by atoms with Gasteiger partial charge in [0.15, 0.2) is 0 Å². The lowest BCUT2D eigenvalue weighted by Crippen LogP contribution is -2.51. The van der Waals surface area contributed by atoms with Gasteiger partial charge in [0.05, 0.1) is 0 Å². The number of carbonyl (C=O) groups is 4. The van der Waals surface area contributed by atoms with Crippen molar-refractivity contribution in [3.8, 4) is 0 Å². The maximum absolute atomic E-state index is 12.8. The van der Waals surface area contributed by atoms with E-state index in [1.54, 1.807) is 5.32 Å². The fourth-order valence-electron chi connectivity index (χ4n) is 3.87. The van der Waals surface area contributed by atoms with E-state index >= 15 is 0 Å². The Balaban J connectivity index is 1.92. The van der Waals surface area contributed by atoms with Crippen LogP contribution in [0, 0.1) is 11.3 Å². The Morgan fingerprint density at radius 2 is 1.79 bits per heavy atom. The van der Waals surface area contributed by atoms with Gasteiger partial charge in [-0.2, -0.15) is 13.2 Å². The molecule has 8 nitrogen and oxygen atoms in total. The first-order chi connectivity index (χ1) is 13.3. The lowest BCUT2D eigenvalue weighted by Gasteiger charge is -2.42. The highest BCUT2D eigenvalue weighted by Crippen LogP contribution is 2.45. The highest BCUT2D eigenvalue weighted by molar-refractivity contribution is 6.10. The van der Waals surface area contributed by atoms with Crippen molar-refractivity contribution in [2.45, 2.75) is 64.6 Å². The number of halogens is 3. The zero-order valence-corrected chi connectivity index (χ0v) is 16.7. The number of imide groups is 2. The van der Waals surface area contributed by atoms with Gasteiger partial charge in [-0.1, -0.05) is 27.2 Å². The number of rotatable bonds is 5. The minimum absolute atomic E-state index is 0.122. The molecule has 164 valence electrons. The molecule has 29 heavy (non-hydrogen) atoms. The number of nitrogens with one attached hydrogen (secondary N) is 3. The molecule has 0 aromatic rings. The van der Waals surface area contributed by atoms with Crippen LogP contribution < -0.4 is 16.0 Å². The molecule has 0 aromatic heterocycles. The molecular weight excluding hydrogens is 393 g/mol. The molecule has 2 aliphatic rings. The third-order valence-electron chi connectivity index (χ3n) is 6.11. The van der Waals surface area contributed by atoms with E-state index in [0.29, 0.717) is 23.7 Å². The van der Waals surface area contributed by atoms with Gasteiger partial charge < -0.3 is 10.6 Å². The van der Waals surface area contributed by atoms with Gasteiger partial charge in [0.25, 0.3) is 5.91 Å². The lowest BCUT2D eigenvalue weighted by atomic mass is 9.65. The fourth-order valence-corrected chi connectivity index (χ4v) is 3.87. The summed E-state index contributed by atoms with van der Waals surface area (Å²) in [6.45, 7) is 4.11. The molecule has 0 unspecified atom stereocenters. The van der Waals surface area contributed by atoms with Crippen LogP contribution in [0.5, 0.6) is 0 Å². The molecular formula is C18H27F3N4O4. The van der Waals surface area contributed by atoms with Crippen LogP contribution in [0.4, 0.5) is 22.8 Å². The van der Waals surface area contributed by atoms with Gasteiger partial charge in [-0.15, -0.1) is 0 Å². The van der Waals surface area contributed by atoms with E-state index in [9.17, 15) is 32.3 Å². The van der Waals surface area contributed by atoms with Crippen molar-refractivity contribution >= 4 is 23.9 Å². The molecule has 2 rings (SSSR count). The first kappa shape index (κ1) is 23.0. The van der Waals surface area contributed by atoms with E-state index in [4.69, 9.17) is 0 Å². The minimum atomic E-state index is -4.62. The molecule has 0 aromatic carbocycles. The zero-order valence-electron chi connectivity index (χ0n) is 16.7. The van der Waals surface area contributed by atoms with E-state index in [1.807, 2.05) is 0 Å². The molecule has 1 saturated heterocycles. The van der Waals surface area contributed by atoms with E-state index < -0.39 is 48.7 Å². The van der Waals surface area contributed by atoms with Crippen LogP contribution in [-0.4, -0.2) is 53.6 Å². The molecule has 6 amide bonds. The van der Waals surface area contributed by atoms with Crippen LogP contribution >= 0.6 is 0 Å². The van der Waals surface area contributed by atoms with Crippen molar-refractivity contribution < 1.29 is 32.3 Å². The van der Waals surface area contributed by atoms with E-state index in [1.165, 1.54) is 5.32 Å². The summed E-state index contributed by atoms with van der Waals surface area (Å²) in [5.41, 5.74) is -0.938. The zero-order chi connectivity index (χ0) is 22.0. The van der Waals surface area contributed by atoms with E-state index in [2.05, 4.69) is 26.1 Å². The molecule has 1 saturated carbocycles. The average molecular weight is 420 g/mol. The largest absolute Gasteiger partial charge is 0.405 e. The Bertz CT molecular complexity index is 685. The SMILES string of the molecule is CCC(C)(C)C1CCC2(CC1)NC(=O)N(CC(=O)NC(=O)NCC(F)(F)F)C2=O. The third kappa shape index (κ3) is 5.39. The van der Waals surface area contributed by atoms with E-state index in [0.717, 1.165) is 19.3 Å². The Morgan fingerprint density at radius 3 is 2.31 bits per heavy atom. The number of hydrogen-bond acceptors (Lipinski definition) is 4. The van der Waals surface area contributed by atoms with Crippen LogP contribution in [0.15, 0.2) is 0 Å². The summed E-state index contributed by atoms with van der Waals surface area (Å²) >= 11 is 0. The number of alkyl halides is 3. The number of urea groups is 2. The summed E-state index contributed by atoms with van der Waals surface area (Å²) in [4.78, 5) is 49.0. The fraction of sp³-hybridized carbons (Fsp3) is 0.778. The molecule has 1 heterocycles. The monoisotopic (exact) mass is 420 g/mol. The summed E-state index contributed by atoms with van der Waals surface area (Å²) < 4.78 is 36.2. The van der Waals surface area contributed by atoms with Gasteiger partial charge in [0, 0.05) is 0 Å². The molecule has 0 atom stereocenters. The molecule has 11 heteroatoms. The third-order valence-corrected chi connectivity index (χ3v) is 6.11. The van der Waals surface area contributed by atoms with Gasteiger partial charge >= 0.3 is 18.2 Å². The molecule has 2 fully saturated rings. The van der Waals surface area contributed by atoms with Crippen molar-refractivity contribution in [1.82, 2.24) is 20.9 Å². The number of nitrogens with zero attached hydrogens (tertiary/aromatic N) is 1. The Hall–Kier alpha value is -2.33. The van der Waals surface area contributed by atoms with Gasteiger partial charge in [-0.05, 0) is 37.0 Å². The predicted molar refractivity (Wildman–Crippen MR) is 96.6 cm³/mol. The van der Waals surface area contributed by atoms with Crippen molar-refractivity contribution in [2.75, 3.05) is 13.1 Å². The van der Waals surface area contributed by atoms with Crippen molar-refractivity contribution in [3.63, 3.8) is 0 Å². The minimum Gasteiger partial charge on any atom is -0.329 e. The van der Waals surface area contributed by atoms with Crippen LogP contribution in [-0.2, 0) is 9.59 Å². The Labute approximate surface area is 166 Å². The Morgan fingerprint density at radius 1 is 1.21 bits per heavy atom. The van der Waals surface area contributed by atoms with Crippen molar-refractivity contribution in [3.05, 3.63) is 0 Å². The Kier molecular flexibility index (Phi) is 6.48. The first-order valence-corrected chi connectivity index (χ1v) is 9.58. The summed E-state index contributed by atoms with van der Waals surface area (Å²) in [5, 5.41) is 5.84. The number of carbonyl (C=O) groups excluding carboxylic acids is 4. The van der Waals surface area contributed by atoms with Crippen molar-refractivity contribution in [1.29, 1.82) is 0 Å². The van der Waals surface area contributed by atoms with Crippen LogP contribution in [0.1, 0.15) is 52.9 Å². The highest BCUT2D eigenvalue weighted by Gasteiger charge is 2.53. The summed E-state index contributed by atoms with van der Waals surface area (Å²) in [7, 11) is 0. The molecule has 0 radical (unpaired) electrons. The van der Waals surface area contributed by atoms with Crippen LogP contribution in [0.3, 0.4) is 0 Å². The van der Waals surface area contributed by atoms with Gasteiger partial charge in [-0.25, -0.2) is 9.59 Å². The van der Waals surface area contributed by atoms with Crippen molar-refractivity contribution in [2.24, 2.45) is 11.3 Å². The second-order valence-corrected chi connectivity index (χ2v) is 8.37. The normalized spacial score (nSPS) is 25.2. The van der Waals surface area contributed by atoms with E-state index in [-0.39, 0.29) is 5.41 Å². The molecule has 1 aliphatic heterocycles. The summed E-state index contributed by atoms with van der Waals surface area (Å²) in [6, 6.07) is -2.09. The standard InChI is InChI=1S/C18H27F3N4O4/c1-4-16(2,3)11-5-7-17(8-6-11)13(27)25(15(29)24-17)9-12(26)23-14(28)22-10-18(19,20)21/h11H,4-10H2,1-3H3,(H,24,29)(H2,22,23,26,28). The van der Waals surface area contributed by atoms with Crippen LogP contribution in [0.25, 0.3) is 0 Å².